The number of carbonyl (C=O) groups is 1. The third-order valence-corrected chi connectivity index (χ3v) is 8.31. The van der Waals surface area contributed by atoms with Crippen molar-refractivity contribution in [1.82, 2.24) is 15.5 Å². The second-order valence-corrected chi connectivity index (χ2v) is 11.0. The molecule has 2 heterocycles. The van der Waals surface area contributed by atoms with Gasteiger partial charge in [0.2, 0.25) is 5.91 Å². The number of ether oxygens (including phenoxy) is 1. The molecule has 0 unspecified atom stereocenters. The van der Waals surface area contributed by atoms with Gasteiger partial charge in [0.1, 0.15) is 5.75 Å². The van der Waals surface area contributed by atoms with Gasteiger partial charge in [-0.15, -0.1) is 24.8 Å². The Morgan fingerprint density at radius 1 is 0.974 bits per heavy atom. The highest BCUT2D eigenvalue weighted by atomic mass is 35.5. The smallest absolute Gasteiger partial charge is 0.247 e. The molecule has 7 heteroatoms. The van der Waals surface area contributed by atoms with Gasteiger partial charge in [0.25, 0.3) is 0 Å². The van der Waals surface area contributed by atoms with Crippen molar-refractivity contribution in [2.75, 3.05) is 33.3 Å². The molecule has 1 aliphatic carbocycles. The van der Waals surface area contributed by atoms with Crippen molar-refractivity contribution in [2.45, 2.75) is 64.0 Å². The maximum atomic E-state index is 13.2. The number of benzene rings is 2. The fourth-order valence-corrected chi connectivity index (χ4v) is 6.00. The number of aryl methyl sites for hydroxylation is 1. The molecule has 2 aromatic rings. The van der Waals surface area contributed by atoms with Gasteiger partial charge in [-0.1, -0.05) is 35.9 Å². The van der Waals surface area contributed by atoms with Gasteiger partial charge in [-0.3, -0.25) is 4.79 Å². The summed E-state index contributed by atoms with van der Waals surface area (Å²) in [4.78, 5) is 15.8. The van der Waals surface area contributed by atoms with Gasteiger partial charge in [-0.05, 0) is 101 Å². The molecule has 1 saturated carbocycles. The molecule has 5 rings (SSSR count). The Labute approximate surface area is 240 Å². The summed E-state index contributed by atoms with van der Waals surface area (Å²) in [6.45, 7) is 6.11. The third-order valence-electron chi connectivity index (χ3n) is 8.31. The number of fused-ring (bicyclic) bond motifs is 1. The molecule has 1 saturated heterocycles. The summed E-state index contributed by atoms with van der Waals surface area (Å²) in [6.07, 6.45) is 9.75. The minimum atomic E-state index is 0. The zero-order chi connectivity index (χ0) is 24.9. The van der Waals surface area contributed by atoms with Crippen LogP contribution in [0.15, 0.2) is 48.0 Å². The lowest BCUT2D eigenvalue weighted by molar-refractivity contribution is -0.118. The van der Waals surface area contributed by atoms with Crippen LogP contribution in [0.3, 0.4) is 0 Å². The molecule has 0 bridgehead atoms. The molecule has 2 N–H and O–H groups in total. The fourth-order valence-electron chi connectivity index (χ4n) is 6.00. The molecule has 3 aliphatic rings. The van der Waals surface area contributed by atoms with Crippen LogP contribution in [0.4, 0.5) is 0 Å². The van der Waals surface area contributed by atoms with Gasteiger partial charge >= 0.3 is 0 Å². The van der Waals surface area contributed by atoms with Gasteiger partial charge in [0, 0.05) is 36.2 Å². The van der Waals surface area contributed by atoms with Crippen LogP contribution in [0.25, 0.3) is 17.2 Å². The predicted octanol–water partition coefficient (Wildman–Crippen LogP) is 6.03. The standard InChI is InChI=1S/C31H41N3O2.2ClH/c1-22-3-7-24(8-4-22)25-9-12-30-27(19-25)20-26(15-18-36-30)31(35)33-28-10-5-23(6-11-28)21-34(2)29-13-16-32-17-14-29;;/h3-4,7-9,12,19-20,23,28-29,32H,5-6,10-11,13-18,21H2,1-2H3,(H,33,35);2*1H/t23-,28-;;. The SMILES string of the molecule is Cc1ccc(-c2ccc3c(c2)C=C(C(=O)N[C@H]2CC[C@H](CN(C)C4CCNCC4)CC2)CCO3)cc1.Cl.Cl. The summed E-state index contributed by atoms with van der Waals surface area (Å²) in [5, 5.41) is 6.82. The van der Waals surface area contributed by atoms with E-state index in [2.05, 4.69) is 65.9 Å². The Balaban J connectivity index is 0.00000200. The van der Waals surface area contributed by atoms with Gasteiger partial charge in [-0.25, -0.2) is 0 Å². The van der Waals surface area contributed by atoms with Crippen LogP contribution in [0.5, 0.6) is 5.75 Å². The van der Waals surface area contributed by atoms with Crippen LogP contribution in [0.1, 0.15) is 56.1 Å². The second kappa shape index (κ2) is 14.4. The van der Waals surface area contributed by atoms with Crippen molar-refractivity contribution >= 4 is 36.8 Å². The van der Waals surface area contributed by atoms with E-state index in [1.165, 1.54) is 43.4 Å². The molecular weight excluding hydrogens is 517 g/mol. The normalized spacial score (nSPS) is 21.6. The minimum absolute atomic E-state index is 0. The molecule has 2 aliphatic heterocycles. The average molecular weight is 561 g/mol. The maximum absolute atomic E-state index is 13.2. The van der Waals surface area contributed by atoms with Crippen molar-refractivity contribution in [1.29, 1.82) is 0 Å². The third kappa shape index (κ3) is 7.75. The number of hydrogen-bond acceptors (Lipinski definition) is 4. The Morgan fingerprint density at radius 3 is 2.37 bits per heavy atom. The van der Waals surface area contributed by atoms with Crippen molar-refractivity contribution in [2.24, 2.45) is 5.92 Å². The van der Waals surface area contributed by atoms with Gasteiger partial charge in [0.15, 0.2) is 0 Å². The van der Waals surface area contributed by atoms with Crippen molar-refractivity contribution in [3.8, 4) is 16.9 Å². The highest BCUT2D eigenvalue weighted by Crippen LogP contribution is 2.32. The number of amides is 1. The molecule has 2 fully saturated rings. The molecule has 5 nitrogen and oxygen atoms in total. The Kier molecular flexibility index (Phi) is 11.5. The van der Waals surface area contributed by atoms with Gasteiger partial charge in [-0.2, -0.15) is 0 Å². The van der Waals surface area contributed by atoms with E-state index in [0.29, 0.717) is 13.0 Å². The van der Waals surface area contributed by atoms with Gasteiger partial charge in [0.05, 0.1) is 6.61 Å². The summed E-state index contributed by atoms with van der Waals surface area (Å²) in [5.41, 5.74) is 5.37. The number of nitrogens with zero attached hydrogens (tertiary/aromatic N) is 1. The molecule has 0 radical (unpaired) electrons. The summed E-state index contributed by atoms with van der Waals surface area (Å²) >= 11 is 0. The predicted molar refractivity (Wildman–Crippen MR) is 162 cm³/mol. The largest absolute Gasteiger partial charge is 0.493 e. The lowest BCUT2D eigenvalue weighted by Crippen LogP contribution is -2.44. The van der Waals surface area contributed by atoms with E-state index in [1.807, 2.05) is 12.1 Å². The average Bonchev–Trinajstić information content (AvgIpc) is 3.13. The zero-order valence-electron chi connectivity index (χ0n) is 22.7. The monoisotopic (exact) mass is 559 g/mol. The summed E-state index contributed by atoms with van der Waals surface area (Å²) in [5.74, 6) is 1.67. The molecule has 0 spiro atoms. The maximum Gasteiger partial charge on any atom is 0.247 e. The number of piperidine rings is 1. The van der Waals surface area contributed by atoms with Crippen LogP contribution in [-0.4, -0.2) is 56.2 Å². The number of nitrogens with one attached hydrogen (secondary N) is 2. The van der Waals surface area contributed by atoms with E-state index in [-0.39, 0.29) is 36.8 Å². The summed E-state index contributed by atoms with van der Waals surface area (Å²) in [6, 6.07) is 15.8. The Bertz CT molecular complexity index is 1080. The van der Waals surface area contributed by atoms with Crippen LogP contribution >= 0.6 is 24.8 Å². The number of hydrogen-bond donors (Lipinski definition) is 2. The quantitative estimate of drug-likeness (QED) is 0.453. The first kappa shape index (κ1) is 30.5. The molecular formula is C31H43Cl2N3O2. The Hall–Kier alpha value is -2.05. The van der Waals surface area contributed by atoms with E-state index < -0.39 is 0 Å². The number of carbonyl (C=O) groups excluding carboxylic acids is 1. The summed E-state index contributed by atoms with van der Waals surface area (Å²) < 4.78 is 5.99. The van der Waals surface area contributed by atoms with E-state index in [0.717, 1.165) is 60.3 Å². The molecule has 38 heavy (non-hydrogen) atoms. The second-order valence-electron chi connectivity index (χ2n) is 11.0. The van der Waals surface area contributed by atoms with Crippen molar-refractivity contribution in [3.05, 3.63) is 59.2 Å². The Morgan fingerprint density at radius 2 is 1.66 bits per heavy atom. The lowest BCUT2D eigenvalue weighted by atomic mass is 9.85. The van der Waals surface area contributed by atoms with Crippen LogP contribution in [0, 0.1) is 12.8 Å². The topological polar surface area (TPSA) is 53.6 Å². The van der Waals surface area contributed by atoms with E-state index in [1.54, 1.807) is 0 Å². The highest BCUT2D eigenvalue weighted by molar-refractivity contribution is 5.98. The van der Waals surface area contributed by atoms with Crippen LogP contribution in [-0.2, 0) is 4.79 Å². The zero-order valence-corrected chi connectivity index (χ0v) is 24.3. The molecule has 0 aromatic heterocycles. The van der Waals surface area contributed by atoms with E-state index >= 15 is 0 Å². The fraction of sp³-hybridized carbons (Fsp3) is 0.516. The van der Waals surface area contributed by atoms with Crippen molar-refractivity contribution in [3.63, 3.8) is 0 Å². The first-order chi connectivity index (χ1) is 17.5. The number of rotatable bonds is 6. The highest BCUT2D eigenvalue weighted by Gasteiger charge is 2.27. The van der Waals surface area contributed by atoms with Gasteiger partial charge < -0.3 is 20.3 Å². The van der Waals surface area contributed by atoms with Crippen molar-refractivity contribution < 1.29 is 9.53 Å². The van der Waals surface area contributed by atoms with Crippen LogP contribution in [0.2, 0.25) is 0 Å². The number of halogens is 2. The van der Waals surface area contributed by atoms with E-state index in [9.17, 15) is 4.79 Å². The van der Waals surface area contributed by atoms with Crippen LogP contribution < -0.4 is 15.4 Å². The lowest BCUT2D eigenvalue weighted by Gasteiger charge is -2.36. The van der Waals surface area contributed by atoms with E-state index in [4.69, 9.17) is 4.74 Å². The first-order valence-electron chi connectivity index (χ1n) is 13.8. The molecule has 2 aromatic carbocycles. The molecule has 0 atom stereocenters. The summed E-state index contributed by atoms with van der Waals surface area (Å²) in [7, 11) is 2.30. The first-order valence-corrected chi connectivity index (χ1v) is 13.8. The molecule has 208 valence electrons. The minimum Gasteiger partial charge on any atom is -0.493 e. The molecule has 1 amide bonds.